The number of methoxy groups -OCH3 is 1. The highest BCUT2D eigenvalue weighted by molar-refractivity contribution is 9.10. The highest BCUT2D eigenvalue weighted by atomic mass is 79.9. The van der Waals surface area contributed by atoms with Gasteiger partial charge in [-0.15, -0.1) is 11.3 Å². The number of hydrogen-bond acceptors (Lipinski definition) is 4. The molecule has 1 aromatic carbocycles. The molecule has 0 radical (unpaired) electrons. The number of hydrogen-bond donors (Lipinski definition) is 0. The van der Waals surface area contributed by atoms with Gasteiger partial charge in [-0.05, 0) is 40.5 Å². The Morgan fingerprint density at radius 2 is 2.00 bits per heavy atom. The SMILES string of the molecule is COC(=O)c1sc(Sc2ccccc2)c(Br)c1C. The average Bonchev–Trinajstić information content (AvgIpc) is 2.67. The first kappa shape index (κ1) is 13.6. The summed E-state index contributed by atoms with van der Waals surface area (Å²) in [4.78, 5) is 13.4. The van der Waals surface area contributed by atoms with Gasteiger partial charge in [-0.2, -0.15) is 0 Å². The molecule has 2 nitrogen and oxygen atoms in total. The molecule has 2 rings (SSSR count). The van der Waals surface area contributed by atoms with Gasteiger partial charge >= 0.3 is 5.97 Å². The Bertz CT molecular complexity index is 564. The average molecular weight is 343 g/mol. The molecule has 0 atom stereocenters. The predicted molar refractivity (Wildman–Crippen MR) is 78.7 cm³/mol. The molecule has 0 fully saturated rings. The Balaban J connectivity index is 2.32. The normalized spacial score (nSPS) is 10.4. The minimum Gasteiger partial charge on any atom is -0.465 e. The van der Waals surface area contributed by atoms with Crippen molar-refractivity contribution in [1.29, 1.82) is 0 Å². The second kappa shape index (κ2) is 5.91. The maximum Gasteiger partial charge on any atom is 0.348 e. The fourth-order valence-electron chi connectivity index (χ4n) is 1.42. The molecular formula is C13H11BrO2S2. The molecule has 18 heavy (non-hydrogen) atoms. The molecule has 0 bridgehead atoms. The van der Waals surface area contributed by atoms with Gasteiger partial charge < -0.3 is 4.74 Å². The van der Waals surface area contributed by atoms with Gasteiger partial charge in [-0.1, -0.05) is 30.0 Å². The third-order valence-corrected chi connectivity index (χ3v) is 6.35. The second-order valence-electron chi connectivity index (χ2n) is 3.56. The van der Waals surface area contributed by atoms with E-state index in [4.69, 9.17) is 4.74 Å². The Morgan fingerprint density at radius 1 is 1.33 bits per heavy atom. The predicted octanol–water partition coefficient (Wildman–Crippen LogP) is 4.76. The van der Waals surface area contributed by atoms with Crippen LogP contribution in [0.2, 0.25) is 0 Å². The molecule has 0 amide bonds. The lowest BCUT2D eigenvalue weighted by atomic mass is 10.3. The number of carbonyl (C=O) groups excluding carboxylic acids is 1. The minimum absolute atomic E-state index is 0.280. The van der Waals surface area contributed by atoms with Gasteiger partial charge in [0.05, 0.1) is 11.3 Å². The quantitative estimate of drug-likeness (QED) is 0.752. The zero-order valence-electron chi connectivity index (χ0n) is 9.90. The number of esters is 1. The van der Waals surface area contributed by atoms with Crippen LogP contribution in [0, 0.1) is 6.92 Å². The van der Waals surface area contributed by atoms with E-state index in [1.807, 2.05) is 37.3 Å². The summed E-state index contributed by atoms with van der Waals surface area (Å²) < 4.78 is 6.82. The zero-order valence-corrected chi connectivity index (χ0v) is 13.1. The number of rotatable bonds is 3. The fraction of sp³-hybridized carbons (Fsp3) is 0.154. The van der Waals surface area contributed by atoms with Gasteiger partial charge in [0.2, 0.25) is 0 Å². The van der Waals surface area contributed by atoms with Crippen LogP contribution >= 0.6 is 39.0 Å². The smallest absolute Gasteiger partial charge is 0.348 e. The van der Waals surface area contributed by atoms with E-state index in [9.17, 15) is 4.79 Å². The van der Waals surface area contributed by atoms with Crippen molar-refractivity contribution in [2.24, 2.45) is 0 Å². The Kier molecular flexibility index (Phi) is 4.48. The van der Waals surface area contributed by atoms with Crippen LogP contribution in [0.25, 0.3) is 0 Å². The number of thiophene rings is 1. The summed E-state index contributed by atoms with van der Waals surface area (Å²) >= 11 is 6.63. The molecule has 94 valence electrons. The van der Waals surface area contributed by atoms with E-state index in [0.717, 1.165) is 19.1 Å². The molecule has 0 aliphatic carbocycles. The molecule has 0 spiro atoms. The van der Waals surface area contributed by atoms with Crippen molar-refractivity contribution in [3.63, 3.8) is 0 Å². The molecule has 2 aromatic rings. The summed E-state index contributed by atoms with van der Waals surface area (Å²) in [6, 6.07) is 10.1. The fourth-order valence-corrected chi connectivity index (χ4v) is 4.54. The molecule has 1 aromatic heterocycles. The molecule has 0 aliphatic heterocycles. The van der Waals surface area contributed by atoms with Gasteiger partial charge in [0.1, 0.15) is 4.88 Å². The van der Waals surface area contributed by atoms with Crippen LogP contribution in [0.3, 0.4) is 0 Å². The third-order valence-electron chi connectivity index (χ3n) is 2.37. The lowest BCUT2D eigenvalue weighted by Crippen LogP contribution is -1.99. The Labute approximate surface area is 122 Å². The summed E-state index contributed by atoms with van der Waals surface area (Å²) in [6.45, 7) is 1.92. The van der Waals surface area contributed by atoms with Crippen LogP contribution in [-0.4, -0.2) is 13.1 Å². The van der Waals surface area contributed by atoms with Crippen molar-refractivity contribution in [2.45, 2.75) is 16.0 Å². The van der Waals surface area contributed by atoms with Crippen molar-refractivity contribution in [3.05, 3.63) is 45.2 Å². The molecule has 0 unspecified atom stereocenters. The molecule has 0 aliphatic rings. The van der Waals surface area contributed by atoms with Gasteiger partial charge in [0, 0.05) is 9.37 Å². The Morgan fingerprint density at radius 3 is 2.61 bits per heavy atom. The lowest BCUT2D eigenvalue weighted by Gasteiger charge is -1.98. The molecule has 0 saturated heterocycles. The van der Waals surface area contributed by atoms with Crippen LogP contribution in [0.4, 0.5) is 0 Å². The number of carbonyl (C=O) groups is 1. The number of benzene rings is 1. The molecule has 1 heterocycles. The maximum atomic E-state index is 11.6. The van der Waals surface area contributed by atoms with E-state index in [1.165, 1.54) is 18.4 Å². The van der Waals surface area contributed by atoms with Crippen molar-refractivity contribution >= 4 is 45.0 Å². The van der Waals surface area contributed by atoms with Crippen LogP contribution < -0.4 is 0 Å². The summed E-state index contributed by atoms with van der Waals surface area (Å²) in [5, 5.41) is 0. The monoisotopic (exact) mass is 342 g/mol. The van der Waals surface area contributed by atoms with E-state index >= 15 is 0 Å². The summed E-state index contributed by atoms with van der Waals surface area (Å²) in [5.41, 5.74) is 0.935. The lowest BCUT2D eigenvalue weighted by molar-refractivity contribution is 0.0605. The first-order valence-corrected chi connectivity index (χ1v) is 7.66. The molecule has 5 heteroatoms. The Hall–Kier alpha value is -0.780. The zero-order chi connectivity index (χ0) is 13.1. The van der Waals surface area contributed by atoms with Crippen LogP contribution in [-0.2, 0) is 4.74 Å². The first-order chi connectivity index (χ1) is 8.63. The minimum atomic E-state index is -0.280. The third kappa shape index (κ3) is 2.79. The van der Waals surface area contributed by atoms with Gasteiger partial charge in [0.15, 0.2) is 0 Å². The largest absolute Gasteiger partial charge is 0.465 e. The van der Waals surface area contributed by atoms with Crippen LogP contribution in [0.1, 0.15) is 15.2 Å². The van der Waals surface area contributed by atoms with E-state index < -0.39 is 0 Å². The van der Waals surface area contributed by atoms with Gasteiger partial charge in [0.25, 0.3) is 0 Å². The highest BCUT2D eigenvalue weighted by Crippen LogP contribution is 2.42. The molecule has 0 saturated carbocycles. The highest BCUT2D eigenvalue weighted by Gasteiger charge is 2.19. The van der Waals surface area contributed by atoms with Gasteiger partial charge in [-0.25, -0.2) is 4.79 Å². The van der Waals surface area contributed by atoms with E-state index in [2.05, 4.69) is 15.9 Å². The number of ether oxygens (including phenoxy) is 1. The van der Waals surface area contributed by atoms with Crippen LogP contribution in [0.5, 0.6) is 0 Å². The van der Waals surface area contributed by atoms with E-state index in [1.54, 1.807) is 11.8 Å². The van der Waals surface area contributed by atoms with Crippen molar-refractivity contribution < 1.29 is 9.53 Å². The first-order valence-electron chi connectivity index (χ1n) is 5.23. The van der Waals surface area contributed by atoms with Crippen molar-refractivity contribution in [3.8, 4) is 0 Å². The molecular weight excluding hydrogens is 332 g/mol. The summed E-state index contributed by atoms with van der Waals surface area (Å²) in [6.07, 6.45) is 0. The second-order valence-corrected chi connectivity index (χ2v) is 6.72. The summed E-state index contributed by atoms with van der Waals surface area (Å²) in [7, 11) is 1.40. The topological polar surface area (TPSA) is 26.3 Å². The van der Waals surface area contributed by atoms with E-state index in [-0.39, 0.29) is 5.97 Å². The summed E-state index contributed by atoms with van der Waals surface area (Å²) in [5.74, 6) is -0.280. The van der Waals surface area contributed by atoms with Crippen LogP contribution in [0.15, 0.2) is 43.9 Å². The number of halogens is 1. The van der Waals surface area contributed by atoms with Crippen molar-refractivity contribution in [2.75, 3.05) is 7.11 Å². The molecule has 0 N–H and O–H groups in total. The van der Waals surface area contributed by atoms with E-state index in [0.29, 0.717) is 4.88 Å². The maximum absolute atomic E-state index is 11.6. The standard InChI is InChI=1S/C13H11BrO2S2/c1-8-10(14)13(18-11(8)12(15)16-2)17-9-6-4-3-5-7-9/h3-7H,1-2H3. The van der Waals surface area contributed by atoms with Gasteiger partial charge in [-0.3, -0.25) is 0 Å². The van der Waals surface area contributed by atoms with Crippen molar-refractivity contribution in [1.82, 2.24) is 0 Å².